The van der Waals surface area contributed by atoms with Crippen LogP contribution in [0.2, 0.25) is 0 Å². The van der Waals surface area contributed by atoms with Crippen LogP contribution in [0.4, 0.5) is 4.79 Å². The molecule has 0 unspecified atom stereocenters. The molecule has 0 bridgehead atoms. The molecule has 0 aliphatic rings. The molecule has 8 nitrogen and oxygen atoms in total. The smallest absolute Gasteiger partial charge is 0.408 e. The molecule has 2 rings (SSSR count). The van der Waals surface area contributed by atoms with Crippen LogP contribution in [0, 0.1) is 11.3 Å². The molecule has 0 fully saturated rings. The minimum Gasteiger partial charge on any atom is -0.460 e. The van der Waals surface area contributed by atoms with Crippen LogP contribution in [-0.4, -0.2) is 36.2 Å². The van der Waals surface area contributed by atoms with Crippen molar-refractivity contribution in [3.05, 3.63) is 71.3 Å². The summed E-state index contributed by atoms with van der Waals surface area (Å²) in [5, 5.41) is 14.3. The van der Waals surface area contributed by atoms with Gasteiger partial charge in [-0.25, -0.2) is 4.79 Å². The molecular formula is C28H35N3O5. The second kappa shape index (κ2) is 14.5. The lowest BCUT2D eigenvalue weighted by molar-refractivity contribution is -0.155. The molecule has 8 heteroatoms. The molecule has 1 atom stereocenters. The lowest BCUT2D eigenvalue weighted by atomic mass is 10.1. The zero-order valence-electron chi connectivity index (χ0n) is 21.2. The number of unbranched alkanes of at least 4 members (excludes halogenated alkanes) is 1. The molecule has 192 valence electrons. The third-order valence-corrected chi connectivity index (χ3v) is 5.15. The summed E-state index contributed by atoms with van der Waals surface area (Å²) in [6.07, 6.45) is 1.75. The number of rotatable bonds is 12. The van der Waals surface area contributed by atoms with Crippen molar-refractivity contribution < 1.29 is 23.9 Å². The molecule has 0 aliphatic heterocycles. The van der Waals surface area contributed by atoms with Gasteiger partial charge >= 0.3 is 12.1 Å². The number of hydrogen-bond donors (Lipinski definition) is 2. The summed E-state index contributed by atoms with van der Waals surface area (Å²) in [6, 6.07) is 17.8. The summed E-state index contributed by atoms with van der Waals surface area (Å²) < 4.78 is 10.6. The number of nitrogens with one attached hydrogen (secondary N) is 2. The largest absolute Gasteiger partial charge is 0.460 e. The number of nitriles is 1. The molecule has 0 heterocycles. The molecular weight excluding hydrogens is 458 g/mol. The SMILES string of the molecule is CC(C)(C)OC(=O)CC[C@H](NC(=O)OCc1ccccc1)C(=O)NCCCCc1ccc(C#N)cc1. The zero-order chi connectivity index (χ0) is 26.4. The first-order valence-corrected chi connectivity index (χ1v) is 12.1. The highest BCUT2D eigenvalue weighted by Crippen LogP contribution is 2.11. The molecule has 0 saturated carbocycles. The maximum Gasteiger partial charge on any atom is 0.408 e. The monoisotopic (exact) mass is 493 g/mol. The van der Waals surface area contributed by atoms with Gasteiger partial charge in [0, 0.05) is 13.0 Å². The van der Waals surface area contributed by atoms with Gasteiger partial charge < -0.3 is 20.1 Å². The first-order valence-electron chi connectivity index (χ1n) is 12.1. The molecule has 0 aliphatic carbocycles. The van der Waals surface area contributed by atoms with E-state index >= 15 is 0 Å². The fourth-order valence-corrected chi connectivity index (χ4v) is 3.37. The first-order chi connectivity index (χ1) is 17.2. The summed E-state index contributed by atoms with van der Waals surface area (Å²) in [4.78, 5) is 37.3. The van der Waals surface area contributed by atoms with Crippen LogP contribution in [0.1, 0.15) is 63.1 Å². The average molecular weight is 494 g/mol. The minimum atomic E-state index is -0.931. The van der Waals surface area contributed by atoms with Gasteiger partial charge in [0.15, 0.2) is 0 Å². The molecule has 2 aromatic rings. The van der Waals surface area contributed by atoms with Crippen molar-refractivity contribution in [1.82, 2.24) is 10.6 Å². The highest BCUT2D eigenvalue weighted by atomic mass is 16.6. The number of ether oxygens (including phenoxy) is 2. The quantitative estimate of drug-likeness (QED) is 0.334. The first kappa shape index (κ1) is 28.4. The predicted molar refractivity (Wildman–Crippen MR) is 136 cm³/mol. The highest BCUT2D eigenvalue weighted by molar-refractivity contribution is 5.86. The Balaban J connectivity index is 1.83. The van der Waals surface area contributed by atoms with E-state index in [1.807, 2.05) is 42.5 Å². The van der Waals surface area contributed by atoms with Crippen molar-refractivity contribution in [2.24, 2.45) is 0 Å². The Morgan fingerprint density at radius 2 is 1.67 bits per heavy atom. The number of amides is 2. The second-order valence-corrected chi connectivity index (χ2v) is 9.44. The summed E-state index contributed by atoms with van der Waals surface area (Å²) in [5.74, 6) is -0.823. The van der Waals surface area contributed by atoms with Gasteiger partial charge in [0.25, 0.3) is 0 Å². The molecule has 0 radical (unpaired) electrons. The molecule has 0 saturated heterocycles. The van der Waals surface area contributed by atoms with E-state index in [1.54, 1.807) is 32.9 Å². The maximum absolute atomic E-state index is 12.8. The fraction of sp³-hybridized carbons (Fsp3) is 0.429. The maximum atomic E-state index is 12.8. The van der Waals surface area contributed by atoms with Crippen LogP contribution in [0.5, 0.6) is 0 Å². The van der Waals surface area contributed by atoms with Gasteiger partial charge in [0.05, 0.1) is 11.6 Å². The number of aryl methyl sites for hydroxylation is 1. The van der Waals surface area contributed by atoms with Crippen molar-refractivity contribution >= 4 is 18.0 Å². The van der Waals surface area contributed by atoms with Crippen LogP contribution in [0.15, 0.2) is 54.6 Å². The Morgan fingerprint density at radius 1 is 0.972 bits per heavy atom. The van der Waals surface area contributed by atoms with Crippen molar-refractivity contribution in [2.45, 2.75) is 71.1 Å². The Morgan fingerprint density at radius 3 is 2.31 bits per heavy atom. The van der Waals surface area contributed by atoms with Crippen LogP contribution >= 0.6 is 0 Å². The van der Waals surface area contributed by atoms with Crippen LogP contribution < -0.4 is 10.6 Å². The number of benzene rings is 2. The van der Waals surface area contributed by atoms with Crippen molar-refractivity contribution in [1.29, 1.82) is 5.26 Å². The Bertz CT molecular complexity index is 1020. The third kappa shape index (κ3) is 11.5. The fourth-order valence-electron chi connectivity index (χ4n) is 3.37. The van der Waals surface area contributed by atoms with Crippen molar-refractivity contribution in [2.75, 3.05) is 6.54 Å². The lowest BCUT2D eigenvalue weighted by Crippen LogP contribution is -2.47. The summed E-state index contributed by atoms with van der Waals surface area (Å²) in [5.41, 5.74) is 1.94. The van der Waals surface area contributed by atoms with Crippen LogP contribution in [-0.2, 0) is 32.1 Å². The topological polar surface area (TPSA) is 118 Å². The predicted octanol–water partition coefficient (Wildman–Crippen LogP) is 4.41. The van der Waals surface area contributed by atoms with E-state index < -0.39 is 23.7 Å². The van der Waals surface area contributed by atoms with Crippen LogP contribution in [0.3, 0.4) is 0 Å². The van der Waals surface area contributed by atoms with Gasteiger partial charge in [0.1, 0.15) is 18.2 Å². The minimum absolute atomic E-state index is 0.0208. The number of hydrogen-bond acceptors (Lipinski definition) is 6. The summed E-state index contributed by atoms with van der Waals surface area (Å²) >= 11 is 0. The van der Waals surface area contributed by atoms with Crippen molar-refractivity contribution in [3.63, 3.8) is 0 Å². The van der Waals surface area contributed by atoms with E-state index in [-0.39, 0.29) is 25.4 Å². The highest BCUT2D eigenvalue weighted by Gasteiger charge is 2.24. The van der Waals surface area contributed by atoms with E-state index in [9.17, 15) is 14.4 Å². The summed E-state index contributed by atoms with van der Waals surface area (Å²) in [7, 11) is 0. The van der Waals surface area contributed by atoms with Gasteiger partial charge in [-0.05, 0) is 69.7 Å². The van der Waals surface area contributed by atoms with Gasteiger partial charge in [-0.2, -0.15) is 5.26 Å². The van der Waals surface area contributed by atoms with Gasteiger partial charge in [-0.15, -0.1) is 0 Å². The van der Waals surface area contributed by atoms with E-state index in [2.05, 4.69) is 16.7 Å². The zero-order valence-corrected chi connectivity index (χ0v) is 21.2. The van der Waals surface area contributed by atoms with E-state index in [0.29, 0.717) is 12.1 Å². The van der Waals surface area contributed by atoms with Gasteiger partial charge in [0.2, 0.25) is 5.91 Å². The van der Waals surface area contributed by atoms with E-state index in [0.717, 1.165) is 30.4 Å². The molecule has 36 heavy (non-hydrogen) atoms. The van der Waals surface area contributed by atoms with Gasteiger partial charge in [-0.1, -0.05) is 42.5 Å². The van der Waals surface area contributed by atoms with Gasteiger partial charge in [-0.3, -0.25) is 9.59 Å². The Kier molecular flexibility index (Phi) is 11.4. The molecule has 2 aromatic carbocycles. The van der Waals surface area contributed by atoms with Crippen molar-refractivity contribution in [3.8, 4) is 6.07 Å². The number of carbonyl (C=O) groups excluding carboxylic acids is 3. The van der Waals surface area contributed by atoms with Crippen LogP contribution in [0.25, 0.3) is 0 Å². The normalized spacial score (nSPS) is 11.6. The molecule has 0 aromatic heterocycles. The number of carbonyl (C=O) groups is 3. The molecule has 0 spiro atoms. The third-order valence-electron chi connectivity index (χ3n) is 5.15. The molecule has 2 N–H and O–H groups in total. The number of alkyl carbamates (subject to hydrolysis) is 1. The Labute approximate surface area is 213 Å². The standard InChI is InChI=1S/C28H35N3O5/c1-28(2,3)36-25(32)17-16-24(31-27(34)35-20-23-10-5-4-6-11-23)26(33)30-18-8-7-9-21-12-14-22(19-29)15-13-21/h4-6,10-15,24H,7-9,16-18,20H2,1-3H3,(H,30,33)(H,31,34)/t24-/m0/s1. The number of esters is 1. The molecule has 2 amide bonds. The van der Waals surface area contributed by atoms with E-state index in [4.69, 9.17) is 14.7 Å². The number of nitrogens with zero attached hydrogens (tertiary/aromatic N) is 1. The average Bonchev–Trinajstić information content (AvgIpc) is 2.85. The summed E-state index contributed by atoms with van der Waals surface area (Å²) in [6.45, 7) is 5.81. The van der Waals surface area contributed by atoms with E-state index in [1.165, 1.54) is 0 Å². The lowest BCUT2D eigenvalue weighted by Gasteiger charge is -2.21. The second-order valence-electron chi connectivity index (χ2n) is 9.44. The Hall–Kier alpha value is -3.86.